The molecule has 0 N–H and O–H groups in total. The zero-order chi connectivity index (χ0) is 35.9. The van der Waals surface area contributed by atoms with Gasteiger partial charge in [0, 0.05) is 25.2 Å². The minimum absolute atomic E-state index is 0.0473. The van der Waals surface area contributed by atoms with Gasteiger partial charge in [0.1, 0.15) is 0 Å². The first-order valence-electron chi connectivity index (χ1n) is 18.7. The first-order valence-corrected chi connectivity index (χ1v) is 20.0. The van der Waals surface area contributed by atoms with Crippen LogP contribution >= 0.6 is 7.92 Å². The summed E-state index contributed by atoms with van der Waals surface area (Å²) >= 11 is 0. The fourth-order valence-corrected chi connectivity index (χ4v) is 11.1. The number of anilines is 1. The van der Waals surface area contributed by atoms with Crippen LogP contribution in [-0.4, -0.2) is 14.1 Å². The van der Waals surface area contributed by atoms with Crippen LogP contribution < -0.4 is 20.8 Å². The van der Waals surface area contributed by atoms with Crippen molar-refractivity contribution in [1.29, 1.82) is 0 Å². The summed E-state index contributed by atoms with van der Waals surface area (Å²) in [5.41, 5.74) is 13.7. The van der Waals surface area contributed by atoms with E-state index in [0.717, 1.165) is 12.8 Å². The van der Waals surface area contributed by atoms with E-state index < -0.39 is 7.92 Å². The number of nitrogens with zero attached hydrogens (tertiary/aromatic N) is 1. The van der Waals surface area contributed by atoms with Crippen LogP contribution in [0.5, 0.6) is 0 Å². The number of rotatable bonds is 4. The van der Waals surface area contributed by atoms with Gasteiger partial charge in [-0.15, -0.1) is 0 Å². The Morgan fingerprint density at radius 2 is 0.898 bits per heavy atom. The predicted octanol–water partition coefficient (Wildman–Crippen LogP) is 10.9. The van der Waals surface area contributed by atoms with Crippen molar-refractivity contribution < 1.29 is 0 Å². The molecule has 0 radical (unpaired) electrons. The second-order valence-electron chi connectivity index (χ2n) is 19.5. The van der Waals surface area contributed by atoms with Crippen LogP contribution in [0.2, 0.25) is 0 Å². The Morgan fingerprint density at radius 1 is 0.510 bits per heavy atom. The Kier molecular flexibility index (Phi) is 8.88. The molecule has 0 saturated carbocycles. The largest absolute Gasteiger partial charge is 0.377 e. The SMILES string of the molecule is CN(C)c1cccc2c1[C@@]1(CC2)CCc2cccc(P(c3cc(C(C)(C)C)cc(C(C)(C)C)c3)c3cc(C(C)(C)C)cc(C(C)(C)C)c3)c21. The molecular weight excluding hydrogens is 609 g/mol. The van der Waals surface area contributed by atoms with Gasteiger partial charge in [-0.1, -0.05) is 150 Å². The third kappa shape index (κ3) is 6.55. The molecule has 0 amide bonds. The van der Waals surface area contributed by atoms with Crippen LogP contribution in [0.1, 0.15) is 140 Å². The molecule has 0 fully saturated rings. The smallest absolute Gasteiger partial charge is 0.0405 e. The minimum atomic E-state index is -0.872. The number of hydrogen-bond acceptors (Lipinski definition) is 1. The topological polar surface area (TPSA) is 3.24 Å². The molecule has 1 atom stereocenters. The molecule has 0 saturated heterocycles. The summed E-state index contributed by atoms with van der Waals surface area (Å²) in [4.78, 5) is 2.36. The van der Waals surface area contributed by atoms with Gasteiger partial charge in [-0.2, -0.15) is 0 Å². The highest BCUT2D eigenvalue weighted by Crippen LogP contribution is 2.56. The van der Waals surface area contributed by atoms with Crippen LogP contribution in [-0.2, 0) is 39.9 Å². The lowest BCUT2D eigenvalue weighted by molar-refractivity contribution is 0.509. The molecule has 2 aliphatic carbocycles. The lowest BCUT2D eigenvalue weighted by Crippen LogP contribution is -2.34. The number of aryl methyl sites for hydroxylation is 2. The first kappa shape index (κ1) is 35.9. The molecule has 6 rings (SSSR count). The summed E-state index contributed by atoms with van der Waals surface area (Å²) < 4.78 is 0. The van der Waals surface area contributed by atoms with E-state index in [0.29, 0.717) is 0 Å². The predicted molar refractivity (Wildman–Crippen MR) is 218 cm³/mol. The molecule has 0 heterocycles. The molecule has 0 unspecified atom stereocenters. The van der Waals surface area contributed by atoms with Crippen molar-refractivity contribution in [2.75, 3.05) is 19.0 Å². The molecule has 2 aliphatic rings. The maximum absolute atomic E-state index is 2.59. The third-order valence-corrected chi connectivity index (χ3v) is 13.8. The Bertz CT molecular complexity index is 1740. The maximum Gasteiger partial charge on any atom is 0.0405 e. The van der Waals surface area contributed by atoms with Gasteiger partial charge in [-0.05, 0) is 122 Å². The molecule has 4 aromatic rings. The van der Waals surface area contributed by atoms with Gasteiger partial charge in [0.15, 0.2) is 0 Å². The third-order valence-electron chi connectivity index (χ3n) is 11.4. The standard InChI is InChI=1S/C47H62NP/c1-43(2,3)33-25-34(44(4,5)6)28-37(27-33)49(38-29-35(45(7,8)9)26-36(30-38)46(10,11)12)40-20-16-18-32-22-24-47(42(32)40)23-21-31-17-15-19-39(41(31)47)48(13)14/h15-20,25-30H,21-24H2,1-14H3/t47-/m1/s1. The second-order valence-corrected chi connectivity index (χ2v) is 21.7. The van der Waals surface area contributed by atoms with Gasteiger partial charge < -0.3 is 4.90 Å². The van der Waals surface area contributed by atoms with Crippen molar-refractivity contribution >= 4 is 29.5 Å². The van der Waals surface area contributed by atoms with Gasteiger partial charge >= 0.3 is 0 Å². The molecule has 260 valence electrons. The van der Waals surface area contributed by atoms with Crippen LogP contribution in [0.25, 0.3) is 0 Å². The molecule has 1 spiro atoms. The fraction of sp³-hybridized carbons (Fsp3) is 0.489. The van der Waals surface area contributed by atoms with E-state index in [4.69, 9.17) is 0 Å². The minimum Gasteiger partial charge on any atom is -0.377 e. The highest BCUT2D eigenvalue weighted by Gasteiger charge is 2.48. The van der Waals surface area contributed by atoms with Crippen molar-refractivity contribution in [3.05, 3.63) is 117 Å². The van der Waals surface area contributed by atoms with Crippen molar-refractivity contribution in [2.24, 2.45) is 0 Å². The Labute approximate surface area is 300 Å². The zero-order valence-corrected chi connectivity index (χ0v) is 34.0. The molecule has 4 aromatic carbocycles. The van der Waals surface area contributed by atoms with Gasteiger partial charge in [0.2, 0.25) is 0 Å². The molecular formula is C47H62NP. The lowest BCUT2D eigenvalue weighted by Gasteiger charge is -2.36. The zero-order valence-electron chi connectivity index (χ0n) is 33.2. The average Bonchev–Trinajstić information content (AvgIpc) is 3.57. The molecule has 2 heteroatoms. The quantitative estimate of drug-likeness (QED) is 0.195. The van der Waals surface area contributed by atoms with Gasteiger partial charge in [-0.25, -0.2) is 0 Å². The Balaban J connectivity index is 1.74. The van der Waals surface area contributed by atoms with Crippen LogP contribution in [0.15, 0.2) is 72.8 Å². The summed E-state index contributed by atoms with van der Waals surface area (Å²) in [5, 5.41) is 4.56. The van der Waals surface area contributed by atoms with Gasteiger partial charge in [0.05, 0.1) is 0 Å². The summed E-state index contributed by atoms with van der Waals surface area (Å²) in [6, 6.07) is 29.8. The summed E-state index contributed by atoms with van der Waals surface area (Å²) in [7, 11) is 3.59. The number of benzene rings is 4. The van der Waals surface area contributed by atoms with Crippen molar-refractivity contribution in [3.63, 3.8) is 0 Å². The molecule has 0 aromatic heterocycles. The summed E-state index contributed by atoms with van der Waals surface area (Å²) in [6.45, 7) is 28.6. The molecule has 49 heavy (non-hydrogen) atoms. The lowest BCUT2D eigenvalue weighted by atomic mass is 9.75. The highest BCUT2D eigenvalue weighted by atomic mass is 31.1. The van der Waals surface area contributed by atoms with E-state index in [-0.39, 0.29) is 27.1 Å². The fourth-order valence-electron chi connectivity index (χ4n) is 8.34. The van der Waals surface area contributed by atoms with Crippen LogP contribution in [0.3, 0.4) is 0 Å². The van der Waals surface area contributed by atoms with Crippen LogP contribution in [0.4, 0.5) is 5.69 Å². The number of fused-ring (bicyclic) bond motifs is 4. The maximum atomic E-state index is 2.59. The summed E-state index contributed by atoms with van der Waals surface area (Å²) in [6.07, 6.45) is 4.71. The van der Waals surface area contributed by atoms with E-state index in [1.165, 1.54) is 51.4 Å². The summed E-state index contributed by atoms with van der Waals surface area (Å²) in [5.74, 6) is 0. The van der Waals surface area contributed by atoms with E-state index >= 15 is 0 Å². The van der Waals surface area contributed by atoms with E-state index in [1.807, 2.05) is 0 Å². The van der Waals surface area contributed by atoms with Crippen LogP contribution in [0, 0.1) is 0 Å². The van der Waals surface area contributed by atoms with E-state index in [2.05, 4.69) is 175 Å². The van der Waals surface area contributed by atoms with Crippen molar-refractivity contribution in [3.8, 4) is 0 Å². The van der Waals surface area contributed by atoms with E-state index in [9.17, 15) is 0 Å². The van der Waals surface area contributed by atoms with Gasteiger partial charge in [0.25, 0.3) is 0 Å². The second kappa shape index (κ2) is 12.1. The van der Waals surface area contributed by atoms with Crippen molar-refractivity contribution in [2.45, 2.75) is 136 Å². The Hall–Kier alpha value is -2.89. The highest BCUT2D eigenvalue weighted by molar-refractivity contribution is 7.80. The first-order chi connectivity index (χ1) is 22.6. The normalized spacial score (nSPS) is 17.9. The average molecular weight is 672 g/mol. The Morgan fingerprint density at radius 3 is 1.29 bits per heavy atom. The molecule has 0 bridgehead atoms. The molecule has 0 aliphatic heterocycles. The number of hydrogen-bond donors (Lipinski definition) is 0. The van der Waals surface area contributed by atoms with Crippen molar-refractivity contribution in [1.82, 2.24) is 0 Å². The molecule has 1 nitrogen and oxygen atoms in total. The van der Waals surface area contributed by atoms with Gasteiger partial charge in [-0.3, -0.25) is 0 Å². The monoisotopic (exact) mass is 671 g/mol. The van der Waals surface area contributed by atoms with E-state index in [1.54, 1.807) is 27.6 Å².